The summed E-state index contributed by atoms with van der Waals surface area (Å²) in [6.45, 7) is 4.46. The van der Waals surface area contributed by atoms with Crippen LogP contribution in [0.1, 0.15) is 25.6 Å². The second-order valence-corrected chi connectivity index (χ2v) is 4.13. The summed E-state index contributed by atoms with van der Waals surface area (Å²) < 4.78 is 1.89. The molecule has 0 saturated heterocycles. The first-order valence-electron chi connectivity index (χ1n) is 5.77. The van der Waals surface area contributed by atoms with Crippen LogP contribution >= 0.6 is 0 Å². The first kappa shape index (κ1) is 11.8. The molecule has 0 radical (unpaired) electrons. The van der Waals surface area contributed by atoms with Crippen molar-refractivity contribution < 1.29 is 5.11 Å². The molecule has 0 aliphatic heterocycles. The smallest absolute Gasteiger partial charge is 0.203 e. The number of hydrogen-bond acceptors (Lipinski definition) is 5. The zero-order chi connectivity index (χ0) is 12.3. The number of rotatable bonds is 5. The van der Waals surface area contributed by atoms with Crippen molar-refractivity contribution in [3.63, 3.8) is 0 Å². The number of aryl methyl sites for hydroxylation is 1. The molecule has 0 spiro atoms. The highest BCUT2D eigenvalue weighted by molar-refractivity contribution is 5.61. The maximum absolute atomic E-state index is 9.15. The fourth-order valence-corrected chi connectivity index (χ4v) is 1.67. The molecular weight excluding hydrogens is 218 g/mol. The summed E-state index contributed by atoms with van der Waals surface area (Å²) in [5.74, 6) is 1.58. The molecule has 1 atom stereocenters. The number of hydrogen-bond donors (Lipinski definition) is 2. The third-order valence-corrected chi connectivity index (χ3v) is 2.59. The average Bonchev–Trinajstić information content (AvgIpc) is 2.67. The highest BCUT2D eigenvalue weighted by Crippen LogP contribution is 2.11. The zero-order valence-electron chi connectivity index (χ0n) is 10.1. The van der Waals surface area contributed by atoms with Gasteiger partial charge in [-0.05, 0) is 26.7 Å². The van der Waals surface area contributed by atoms with E-state index in [9.17, 15) is 0 Å². The second kappa shape index (κ2) is 5.09. The Morgan fingerprint density at radius 1 is 1.47 bits per heavy atom. The van der Waals surface area contributed by atoms with E-state index >= 15 is 0 Å². The van der Waals surface area contributed by atoms with Crippen molar-refractivity contribution in [2.75, 3.05) is 11.9 Å². The predicted molar refractivity (Wildman–Crippen MR) is 64.9 cm³/mol. The normalized spacial score (nSPS) is 12.9. The van der Waals surface area contributed by atoms with Gasteiger partial charge in [0.25, 0.3) is 0 Å². The van der Waals surface area contributed by atoms with Crippen molar-refractivity contribution >= 4 is 11.5 Å². The molecule has 2 aromatic heterocycles. The van der Waals surface area contributed by atoms with Gasteiger partial charge in [0.15, 0.2) is 5.82 Å². The Bertz CT molecular complexity index is 494. The maximum atomic E-state index is 9.15. The number of aromatic nitrogens is 4. The molecule has 6 heteroatoms. The third kappa shape index (κ3) is 2.71. The van der Waals surface area contributed by atoms with Gasteiger partial charge in [0.05, 0.1) is 6.10 Å². The van der Waals surface area contributed by atoms with E-state index in [1.54, 1.807) is 13.1 Å². The minimum atomic E-state index is -0.254. The molecule has 0 fully saturated rings. The Morgan fingerprint density at radius 2 is 2.29 bits per heavy atom. The highest BCUT2D eigenvalue weighted by Gasteiger charge is 2.06. The lowest BCUT2D eigenvalue weighted by Crippen LogP contribution is -2.08. The lowest BCUT2D eigenvalue weighted by atomic mass is 10.2. The quantitative estimate of drug-likeness (QED) is 0.756. The number of aliphatic hydroxyl groups excluding tert-OH is 1. The average molecular weight is 235 g/mol. The van der Waals surface area contributed by atoms with Crippen LogP contribution < -0.4 is 5.32 Å². The maximum Gasteiger partial charge on any atom is 0.203 e. The SMILES string of the molecule is Cc1nnc2c(NCCCC(C)O)nccn12. The fourth-order valence-electron chi connectivity index (χ4n) is 1.67. The zero-order valence-corrected chi connectivity index (χ0v) is 10.1. The van der Waals surface area contributed by atoms with Crippen molar-refractivity contribution in [1.29, 1.82) is 0 Å². The van der Waals surface area contributed by atoms with Crippen LogP contribution in [0.5, 0.6) is 0 Å². The molecule has 2 aromatic rings. The molecule has 92 valence electrons. The van der Waals surface area contributed by atoms with E-state index in [1.807, 2.05) is 17.5 Å². The molecule has 0 aliphatic carbocycles. The van der Waals surface area contributed by atoms with Crippen molar-refractivity contribution in [2.45, 2.75) is 32.8 Å². The highest BCUT2D eigenvalue weighted by atomic mass is 16.3. The van der Waals surface area contributed by atoms with Crippen molar-refractivity contribution in [1.82, 2.24) is 19.6 Å². The van der Waals surface area contributed by atoms with Gasteiger partial charge in [-0.25, -0.2) is 4.98 Å². The van der Waals surface area contributed by atoms with Crippen molar-refractivity contribution in [3.8, 4) is 0 Å². The van der Waals surface area contributed by atoms with Gasteiger partial charge in [-0.1, -0.05) is 0 Å². The van der Waals surface area contributed by atoms with Crippen LogP contribution in [0.25, 0.3) is 5.65 Å². The number of anilines is 1. The van der Waals surface area contributed by atoms with Gasteiger partial charge < -0.3 is 10.4 Å². The van der Waals surface area contributed by atoms with Gasteiger partial charge in [0.1, 0.15) is 5.82 Å². The molecule has 0 amide bonds. The van der Waals surface area contributed by atoms with E-state index < -0.39 is 0 Å². The van der Waals surface area contributed by atoms with E-state index in [2.05, 4.69) is 20.5 Å². The summed E-state index contributed by atoms with van der Waals surface area (Å²) in [6.07, 6.45) is 4.98. The molecular formula is C11H17N5O. The number of fused-ring (bicyclic) bond motifs is 1. The summed E-state index contributed by atoms with van der Waals surface area (Å²) in [5.41, 5.74) is 0.738. The van der Waals surface area contributed by atoms with Crippen LogP contribution in [-0.2, 0) is 0 Å². The first-order valence-corrected chi connectivity index (χ1v) is 5.77. The second-order valence-electron chi connectivity index (χ2n) is 4.13. The lowest BCUT2D eigenvalue weighted by molar-refractivity contribution is 0.183. The number of aliphatic hydroxyl groups is 1. The Balaban J connectivity index is 2.03. The van der Waals surface area contributed by atoms with E-state index in [4.69, 9.17) is 5.11 Å². The Kier molecular flexibility index (Phi) is 3.53. The third-order valence-electron chi connectivity index (χ3n) is 2.59. The minimum Gasteiger partial charge on any atom is -0.393 e. The summed E-state index contributed by atoms with van der Waals surface area (Å²) in [6, 6.07) is 0. The van der Waals surface area contributed by atoms with Crippen LogP contribution in [0, 0.1) is 6.92 Å². The first-order chi connectivity index (χ1) is 8.18. The predicted octanol–water partition coefficient (Wildman–Crippen LogP) is 1.01. The number of nitrogens with one attached hydrogen (secondary N) is 1. The van der Waals surface area contributed by atoms with E-state index in [0.717, 1.165) is 36.7 Å². The summed E-state index contributed by atoms with van der Waals surface area (Å²) in [7, 11) is 0. The lowest BCUT2D eigenvalue weighted by Gasteiger charge is -2.07. The summed E-state index contributed by atoms with van der Waals surface area (Å²) in [5, 5.41) is 20.4. The van der Waals surface area contributed by atoms with E-state index in [-0.39, 0.29) is 6.10 Å². The van der Waals surface area contributed by atoms with Crippen LogP contribution in [0.3, 0.4) is 0 Å². The summed E-state index contributed by atoms with van der Waals surface area (Å²) >= 11 is 0. The monoisotopic (exact) mass is 235 g/mol. The molecule has 0 saturated carbocycles. The molecule has 2 N–H and O–H groups in total. The van der Waals surface area contributed by atoms with Crippen LogP contribution in [0.15, 0.2) is 12.4 Å². The molecule has 0 aliphatic rings. The molecule has 17 heavy (non-hydrogen) atoms. The molecule has 0 bridgehead atoms. The number of nitrogens with zero attached hydrogens (tertiary/aromatic N) is 4. The van der Waals surface area contributed by atoms with E-state index in [1.165, 1.54) is 0 Å². The molecule has 0 aromatic carbocycles. The fraction of sp³-hybridized carbons (Fsp3) is 0.545. The summed E-state index contributed by atoms with van der Waals surface area (Å²) in [4.78, 5) is 4.24. The van der Waals surface area contributed by atoms with Crippen LogP contribution in [0.4, 0.5) is 5.82 Å². The van der Waals surface area contributed by atoms with Crippen molar-refractivity contribution in [3.05, 3.63) is 18.2 Å². The topological polar surface area (TPSA) is 75.3 Å². The minimum absolute atomic E-state index is 0.254. The van der Waals surface area contributed by atoms with Crippen LogP contribution in [0.2, 0.25) is 0 Å². The van der Waals surface area contributed by atoms with Crippen molar-refractivity contribution in [2.24, 2.45) is 0 Å². The van der Waals surface area contributed by atoms with Gasteiger partial charge in [0.2, 0.25) is 5.65 Å². The van der Waals surface area contributed by atoms with E-state index in [0.29, 0.717) is 0 Å². The molecule has 2 rings (SSSR count). The molecule has 2 heterocycles. The molecule has 6 nitrogen and oxygen atoms in total. The Hall–Kier alpha value is -1.69. The van der Waals surface area contributed by atoms with Gasteiger partial charge in [-0.2, -0.15) is 0 Å². The van der Waals surface area contributed by atoms with Gasteiger partial charge >= 0.3 is 0 Å². The standard InChI is InChI=1S/C11H17N5O/c1-8(17)4-3-5-12-10-11-15-14-9(2)16(11)7-6-13-10/h6-8,17H,3-5H2,1-2H3,(H,12,13). The Morgan fingerprint density at radius 3 is 3.06 bits per heavy atom. The van der Waals surface area contributed by atoms with Crippen LogP contribution in [-0.4, -0.2) is 37.3 Å². The van der Waals surface area contributed by atoms with Gasteiger partial charge in [0, 0.05) is 18.9 Å². The van der Waals surface area contributed by atoms with Gasteiger partial charge in [-0.3, -0.25) is 4.40 Å². The largest absolute Gasteiger partial charge is 0.393 e. The Labute approximate surface area is 99.7 Å². The molecule has 1 unspecified atom stereocenters. The van der Waals surface area contributed by atoms with Gasteiger partial charge in [-0.15, -0.1) is 10.2 Å².